The average Bonchev–Trinajstić information content (AvgIpc) is 3.08. The SMILES string of the molecule is COc1cc(C=C2N=C(c3ccc(OC)c([N+](=O)[O-])c3)OC2=O)ccc1OC(F)F. The molecule has 9 nitrogen and oxygen atoms in total. The minimum absolute atomic E-state index is 0.0333. The minimum Gasteiger partial charge on any atom is -0.493 e. The van der Waals surface area contributed by atoms with Crippen LogP contribution in [0.2, 0.25) is 0 Å². The van der Waals surface area contributed by atoms with Crippen LogP contribution in [0.3, 0.4) is 0 Å². The molecule has 0 unspecified atom stereocenters. The number of carbonyl (C=O) groups is 1. The maximum Gasteiger partial charge on any atom is 0.387 e. The van der Waals surface area contributed by atoms with E-state index in [1.807, 2.05) is 0 Å². The lowest BCUT2D eigenvalue weighted by molar-refractivity contribution is -0.385. The minimum atomic E-state index is -3.02. The van der Waals surface area contributed by atoms with Gasteiger partial charge in [-0.2, -0.15) is 8.78 Å². The Kier molecular flexibility index (Phi) is 5.90. The number of nitro benzene ring substituents is 1. The zero-order valence-electron chi connectivity index (χ0n) is 15.6. The third kappa shape index (κ3) is 4.35. The molecule has 11 heteroatoms. The first-order valence-corrected chi connectivity index (χ1v) is 8.30. The van der Waals surface area contributed by atoms with Crippen LogP contribution in [0.4, 0.5) is 14.5 Å². The van der Waals surface area contributed by atoms with Crippen LogP contribution in [0.25, 0.3) is 6.08 Å². The predicted molar refractivity (Wildman–Crippen MR) is 99.9 cm³/mol. The highest BCUT2D eigenvalue weighted by molar-refractivity contribution is 6.13. The molecule has 1 aliphatic heterocycles. The van der Waals surface area contributed by atoms with E-state index in [1.54, 1.807) is 0 Å². The second kappa shape index (κ2) is 8.55. The summed E-state index contributed by atoms with van der Waals surface area (Å²) in [5.74, 6) is -0.996. The molecule has 30 heavy (non-hydrogen) atoms. The Morgan fingerprint density at radius 2 is 1.80 bits per heavy atom. The second-order valence-electron chi connectivity index (χ2n) is 5.77. The second-order valence-corrected chi connectivity index (χ2v) is 5.77. The highest BCUT2D eigenvalue weighted by Crippen LogP contribution is 2.32. The molecule has 1 heterocycles. The zero-order valence-corrected chi connectivity index (χ0v) is 15.6. The number of ether oxygens (including phenoxy) is 4. The number of halogens is 2. The van der Waals surface area contributed by atoms with Crippen LogP contribution in [0.5, 0.6) is 17.2 Å². The van der Waals surface area contributed by atoms with Crippen LogP contribution in [-0.4, -0.2) is 37.6 Å². The smallest absolute Gasteiger partial charge is 0.387 e. The van der Waals surface area contributed by atoms with E-state index in [4.69, 9.17) is 14.2 Å². The number of methoxy groups -OCH3 is 2. The maximum absolute atomic E-state index is 12.4. The Bertz CT molecular complexity index is 1070. The fourth-order valence-electron chi connectivity index (χ4n) is 2.62. The van der Waals surface area contributed by atoms with Gasteiger partial charge in [0.2, 0.25) is 5.90 Å². The highest BCUT2D eigenvalue weighted by atomic mass is 19.3. The summed E-state index contributed by atoms with van der Waals surface area (Å²) in [5.41, 5.74) is 0.210. The summed E-state index contributed by atoms with van der Waals surface area (Å²) >= 11 is 0. The molecule has 0 amide bonds. The lowest BCUT2D eigenvalue weighted by Gasteiger charge is -2.10. The third-order valence-electron chi connectivity index (χ3n) is 3.95. The Morgan fingerprint density at radius 1 is 1.10 bits per heavy atom. The van der Waals surface area contributed by atoms with Crippen molar-refractivity contribution in [2.24, 2.45) is 4.99 Å². The molecule has 2 aromatic carbocycles. The zero-order chi connectivity index (χ0) is 21.8. The van der Waals surface area contributed by atoms with Gasteiger partial charge in [0.1, 0.15) is 0 Å². The number of esters is 1. The first kappa shape index (κ1) is 20.7. The van der Waals surface area contributed by atoms with E-state index in [9.17, 15) is 23.7 Å². The number of alkyl halides is 2. The van der Waals surface area contributed by atoms with Crippen LogP contribution in [0.15, 0.2) is 47.1 Å². The number of benzene rings is 2. The van der Waals surface area contributed by atoms with Crippen LogP contribution in [0.1, 0.15) is 11.1 Å². The average molecular weight is 420 g/mol. The monoisotopic (exact) mass is 420 g/mol. The lowest BCUT2D eigenvalue weighted by atomic mass is 10.1. The van der Waals surface area contributed by atoms with Gasteiger partial charge in [0, 0.05) is 11.6 Å². The van der Waals surface area contributed by atoms with Crippen molar-refractivity contribution in [3.8, 4) is 17.2 Å². The summed E-state index contributed by atoms with van der Waals surface area (Å²) in [6.45, 7) is -3.02. The quantitative estimate of drug-likeness (QED) is 0.292. The molecule has 0 atom stereocenters. The molecule has 0 saturated heterocycles. The summed E-state index contributed by atoms with van der Waals surface area (Å²) in [6.07, 6.45) is 1.35. The van der Waals surface area contributed by atoms with Gasteiger partial charge in [-0.1, -0.05) is 6.07 Å². The summed E-state index contributed by atoms with van der Waals surface area (Å²) in [7, 11) is 2.57. The van der Waals surface area contributed by atoms with E-state index in [1.165, 1.54) is 56.7 Å². The number of cyclic esters (lactones) is 1. The normalized spacial score (nSPS) is 14.5. The number of carbonyl (C=O) groups excluding carboxylic acids is 1. The molecular formula is C19H14F2N2O7. The van der Waals surface area contributed by atoms with Gasteiger partial charge in [-0.25, -0.2) is 9.79 Å². The van der Waals surface area contributed by atoms with Gasteiger partial charge in [0.25, 0.3) is 0 Å². The highest BCUT2D eigenvalue weighted by Gasteiger charge is 2.27. The molecule has 0 aromatic heterocycles. The molecule has 3 rings (SSSR count). The Morgan fingerprint density at radius 3 is 2.43 bits per heavy atom. The molecule has 1 aliphatic rings. The van der Waals surface area contributed by atoms with E-state index in [2.05, 4.69) is 9.73 Å². The standard InChI is InChI=1S/C19H14F2N2O7/c1-27-14-6-4-11(9-13(14)23(25)26)17-22-12(18(24)30-17)7-10-3-5-15(29-19(20)21)16(8-10)28-2/h3-9,19H,1-2H3. The summed E-state index contributed by atoms with van der Waals surface area (Å²) in [5, 5.41) is 11.2. The molecule has 0 radical (unpaired) electrons. The molecular weight excluding hydrogens is 406 g/mol. The Balaban J connectivity index is 1.93. The number of nitro groups is 1. The lowest BCUT2D eigenvalue weighted by Crippen LogP contribution is -2.06. The van der Waals surface area contributed by atoms with Gasteiger partial charge < -0.3 is 18.9 Å². The van der Waals surface area contributed by atoms with Crippen molar-refractivity contribution < 1.29 is 37.4 Å². The van der Waals surface area contributed by atoms with E-state index in [0.717, 1.165) is 0 Å². The van der Waals surface area contributed by atoms with Crippen LogP contribution < -0.4 is 14.2 Å². The van der Waals surface area contributed by atoms with Crippen LogP contribution in [-0.2, 0) is 9.53 Å². The first-order valence-electron chi connectivity index (χ1n) is 8.30. The topological polar surface area (TPSA) is 109 Å². The first-order chi connectivity index (χ1) is 14.3. The van der Waals surface area contributed by atoms with Gasteiger partial charge >= 0.3 is 18.3 Å². The number of hydrogen-bond acceptors (Lipinski definition) is 8. The Labute approximate surface area is 168 Å². The molecule has 0 saturated carbocycles. The van der Waals surface area contributed by atoms with Crippen molar-refractivity contribution >= 4 is 23.6 Å². The van der Waals surface area contributed by atoms with Crippen molar-refractivity contribution in [1.29, 1.82) is 0 Å². The fourth-order valence-corrected chi connectivity index (χ4v) is 2.62. The summed E-state index contributed by atoms with van der Waals surface area (Å²) in [4.78, 5) is 26.8. The largest absolute Gasteiger partial charge is 0.493 e. The van der Waals surface area contributed by atoms with Crippen molar-refractivity contribution in [2.75, 3.05) is 14.2 Å². The molecule has 0 bridgehead atoms. The number of nitrogens with zero attached hydrogens (tertiary/aromatic N) is 2. The van der Waals surface area contributed by atoms with E-state index in [-0.39, 0.29) is 40.1 Å². The van der Waals surface area contributed by atoms with E-state index in [0.29, 0.717) is 5.56 Å². The molecule has 0 N–H and O–H groups in total. The van der Waals surface area contributed by atoms with Gasteiger partial charge in [-0.05, 0) is 35.9 Å². The van der Waals surface area contributed by atoms with Crippen LogP contribution in [0, 0.1) is 10.1 Å². The molecule has 2 aromatic rings. The fraction of sp³-hybridized carbons (Fsp3) is 0.158. The van der Waals surface area contributed by atoms with Crippen LogP contribution >= 0.6 is 0 Å². The number of aliphatic imine (C=N–C) groups is 1. The Hall–Kier alpha value is -4.02. The van der Waals surface area contributed by atoms with E-state index >= 15 is 0 Å². The maximum atomic E-state index is 12.4. The van der Waals surface area contributed by atoms with Crippen molar-refractivity contribution in [3.63, 3.8) is 0 Å². The summed E-state index contributed by atoms with van der Waals surface area (Å²) in [6, 6.07) is 8.05. The number of hydrogen-bond donors (Lipinski definition) is 0. The van der Waals surface area contributed by atoms with E-state index < -0.39 is 17.5 Å². The molecule has 0 spiro atoms. The predicted octanol–water partition coefficient (Wildman–Crippen LogP) is 3.56. The van der Waals surface area contributed by atoms with Gasteiger partial charge in [0.15, 0.2) is 22.9 Å². The van der Waals surface area contributed by atoms with Crippen molar-refractivity contribution in [2.45, 2.75) is 6.61 Å². The third-order valence-corrected chi connectivity index (χ3v) is 3.95. The number of rotatable bonds is 7. The van der Waals surface area contributed by atoms with Crippen molar-refractivity contribution in [3.05, 3.63) is 63.3 Å². The molecule has 156 valence electrons. The van der Waals surface area contributed by atoms with Gasteiger partial charge in [-0.15, -0.1) is 0 Å². The summed E-state index contributed by atoms with van der Waals surface area (Å²) < 4.78 is 44.2. The molecule has 0 fully saturated rings. The van der Waals surface area contributed by atoms with Crippen molar-refractivity contribution in [1.82, 2.24) is 0 Å². The van der Waals surface area contributed by atoms with Gasteiger partial charge in [0.05, 0.1) is 19.1 Å². The van der Waals surface area contributed by atoms with Gasteiger partial charge in [-0.3, -0.25) is 10.1 Å². The molecule has 0 aliphatic carbocycles.